The molecule has 1 amide bonds. The Morgan fingerprint density at radius 1 is 1.09 bits per heavy atom. The van der Waals surface area contributed by atoms with Gasteiger partial charge in [-0.15, -0.1) is 11.3 Å². The van der Waals surface area contributed by atoms with Gasteiger partial charge in [0.05, 0.1) is 38.0 Å². The Morgan fingerprint density at radius 3 is 2.57 bits per heavy atom. The molecule has 0 spiro atoms. The Kier molecular flexibility index (Phi) is 6.02. The Labute approximate surface area is 204 Å². The minimum Gasteiger partial charge on any atom is -0.493 e. The molecular formula is C25H22N6O3S. The van der Waals surface area contributed by atoms with Crippen LogP contribution in [0.5, 0.6) is 11.5 Å². The predicted octanol–water partition coefficient (Wildman–Crippen LogP) is 4.06. The number of nitrogens with zero attached hydrogens (tertiary/aromatic N) is 4. The number of nitrogens with one attached hydrogen (secondary N) is 1. The highest BCUT2D eigenvalue weighted by Gasteiger charge is 2.24. The second-order valence-electron chi connectivity index (χ2n) is 7.58. The zero-order chi connectivity index (χ0) is 24.4. The van der Waals surface area contributed by atoms with E-state index in [4.69, 9.17) is 25.2 Å². The highest BCUT2D eigenvalue weighted by molar-refractivity contribution is 7.09. The molecule has 0 bridgehead atoms. The third kappa shape index (κ3) is 4.26. The highest BCUT2D eigenvalue weighted by Crippen LogP contribution is 2.29. The molecule has 3 aromatic heterocycles. The molecule has 3 heterocycles. The van der Waals surface area contributed by atoms with Gasteiger partial charge < -0.3 is 20.5 Å². The van der Waals surface area contributed by atoms with Gasteiger partial charge in [0.1, 0.15) is 16.9 Å². The summed E-state index contributed by atoms with van der Waals surface area (Å²) >= 11 is 1.56. The largest absolute Gasteiger partial charge is 0.493 e. The number of anilines is 1. The normalized spacial score (nSPS) is 11.4. The van der Waals surface area contributed by atoms with Crippen molar-refractivity contribution >= 4 is 51.5 Å². The van der Waals surface area contributed by atoms with Gasteiger partial charge in [0.25, 0.3) is 5.91 Å². The first-order chi connectivity index (χ1) is 17.1. The number of rotatable bonds is 7. The van der Waals surface area contributed by atoms with Gasteiger partial charge in [0, 0.05) is 4.88 Å². The smallest absolute Gasteiger partial charge is 0.257 e. The van der Waals surface area contributed by atoms with Crippen molar-refractivity contribution in [2.45, 2.75) is 6.54 Å². The summed E-state index contributed by atoms with van der Waals surface area (Å²) in [5.74, 6) is 0.986. The molecule has 10 heteroatoms. The van der Waals surface area contributed by atoms with Gasteiger partial charge in [0.2, 0.25) is 0 Å². The lowest BCUT2D eigenvalue weighted by atomic mass is 10.2. The van der Waals surface area contributed by atoms with Crippen molar-refractivity contribution in [3.05, 3.63) is 76.0 Å². The van der Waals surface area contributed by atoms with Crippen LogP contribution in [-0.2, 0) is 6.54 Å². The summed E-state index contributed by atoms with van der Waals surface area (Å²) in [6.07, 6.45) is 1.61. The first-order valence-electron chi connectivity index (χ1n) is 10.7. The number of carbonyl (C=O) groups is 1. The minimum absolute atomic E-state index is 0.149. The van der Waals surface area contributed by atoms with E-state index in [2.05, 4.69) is 10.4 Å². The average Bonchev–Trinajstić information content (AvgIpc) is 3.50. The minimum atomic E-state index is -0.342. The maximum atomic E-state index is 13.2. The van der Waals surface area contributed by atoms with Crippen LogP contribution >= 0.6 is 11.3 Å². The average molecular weight is 487 g/mol. The first kappa shape index (κ1) is 22.4. The van der Waals surface area contributed by atoms with E-state index in [1.807, 2.05) is 47.8 Å². The number of hydrogen-bond acceptors (Lipinski definition) is 8. The number of carbonyl (C=O) groups excluding carboxylic acids is 1. The van der Waals surface area contributed by atoms with E-state index >= 15 is 0 Å². The summed E-state index contributed by atoms with van der Waals surface area (Å²) in [7, 11) is 3.14. The maximum absolute atomic E-state index is 13.2. The summed E-state index contributed by atoms with van der Waals surface area (Å²) < 4.78 is 12.1. The van der Waals surface area contributed by atoms with Gasteiger partial charge in [-0.3, -0.25) is 4.79 Å². The Morgan fingerprint density at radius 2 is 1.86 bits per heavy atom. The van der Waals surface area contributed by atoms with Crippen LogP contribution in [0, 0.1) is 0 Å². The molecule has 176 valence electrons. The molecule has 9 nitrogen and oxygen atoms in total. The van der Waals surface area contributed by atoms with Gasteiger partial charge >= 0.3 is 0 Å². The van der Waals surface area contributed by atoms with Crippen LogP contribution in [0.3, 0.4) is 0 Å². The van der Waals surface area contributed by atoms with E-state index in [9.17, 15) is 4.79 Å². The molecule has 0 fully saturated rings. The van der Waals surface area contributed by atoms with Crippen LogP contribution in [0.1, 0.15) is 20.8 Å². The first-order valence-corrected chi connectivity index (χ1v) is 11.6. The Hall–Kier alpha value is -4.44. The monoisotopic (exact) mass is 486 g/mol. The number of hydrogen-bond donors (Lipinski definition) is 2. The van der Waals surface area contributed by atoms with E-state index in [1.54, 1.807) is 43.9 Å². The third-order valence-corrected chi connectivity index (χ3v) is 6.31. The number of nitrogen functional groups attached to an aromatic ring is 1. The second-order valence-corrected chi connectivity index (χ2v) is 8.61. The number of aromatic nitrogens is 3. The van der Waals surface area contributed by atoms with Crippen molar-refractivity contribution in [2.24, 2.45) is 5.10 Å². The molecule has 35 heavy (non-hydrogen) atoms. The fraction of sp³-hybridized carbons (Fsp3) is 0.120. The lowest BCUT2D eigenvalue weighted by Gasteiger charge is -2.07. The molecule has 0 aliphatic rings. The van der Waals surface area contributed by atoms with Crippen LogP contribution in [-0.4, -0.2) is 41.0 Å². The Balaban J connectivity index is 1.60. The quantitative estimate of drug-likeness (QED) is 0.335. The second kappa shape index (κ2) is 9.43. The van der Waals surface area contributed by atoms with Crippen molar-refractivity contribution in [2.75, 3.05) is 20.0 Å². The molecule has 2 aromatic carbocycles. The number of thiophene rings is 1. The summed E-state index contributed by atoms with van der Waals surface area (Å²) in [6.45, 7) is 0.387. The topological polar surface area (TPSA) is 117 Å². The molecule has 0 saturated carbocycles. The van der Waals surface area contributed by atoms with E-state index in [0.29, 0.717) is 40.2 Å². The summed E-state index contributed by atoms with van der Waals surface area (Å²) in [4.78, 5) is 23.6. The van der Waals surface area contributed by atoms with Gasteiger partial charge in [0.15, 0.2) is 17.1 Å². The van der Waals surface area contributed by atoms with Crippen LogP contribution in [0.4, 0.5) is 5.82 Å². The summed E-state index contributed by atoms with van der Waals surface area (Å²) in [5, 5.41) is 9.43. The SMILES string of the molecule is COc1ccc(/C=N\n2c(N)c(C(=O)NCc3cccs3)c3nc4ccccc4nc32)cc1OC. The van der Waals surface area contributed by atoms with Gasteiger partial charge in [-0.25, -0.2) is 9.97 Å². The predicted molar refractivity (Wildman–Crippen MR) is 137 cm³/mol. The molecule has 5 rings (SSSR count). The number of methoxy groups -OCH3 is 2. The van der Waals surface area contributed by atoms with Crippen molar-refractivity contribution in [1.29, 1.82) is 0 Å². The van der Waals surface area contributed by atoms with E-state index < -0.39 is 0 Å². The van der Waals surface area contributed by atoms with Crippen LogP contribution in [0.15, 0.2) is 65.1 Å². The number of benzene rings is 2. The van der Waals surface area contributed by atoms with E-state index in [-0.39, 0.29) is 17.3 Å². The lowest BCUT2D eigenvalue weighted by molar-refractivity contribution is 0.0953. The van der Waals surface area contributed by atoms with Crippen LogP contribution < -0.4 is 20.5 Å². The molecule has 0 aliphatic heterocycles. The van der Waals surface area contributed by atoms with Crippen molar-refractivity contribution < 1.29 is 14.3 Å². The lowest BCUT2D eigenvalue weighted by Crippen LogP contribution is -2.23. The number of para-hydroxylation sites is 2. The van der Waals surface area contributed by atoms with E-state index in [1.165, 1.54) is 4.68 Å². The fourth-order valence-corrected chi connectivity index (χ4v) is 4.36. The zero-order valence-electron chi connectivity index (χ0n) is 19.1. The summed E-state index contributed by atoms with van der Waals surface area (Å²) in [5.41, 5.74) is 9.55. The molecule has 0 saturated heterocycles. The summed E-state index contributed by atoms with van der Waals surface area (Å²) in [6, 6.07) is 16.7. The van der Waals surface area contributed by atoms with Gasteiger partial charge in [-0.1, -0.05) is 18.2 Å². The fourth-order valence-electron chi connectivity index (χ4n) is 3.71. The number of amides is 1. The molecule has 3 N–H and O–H groups in total. The number of nitrogens with two attached hydrogens (primary N) is 1. The molecule has 0 atom stereocenters. The molecule has 0 aliphatic carbocycles. The van der Waals surface area contributed by atoms with Gasteiger partial charge in [-0.2, -0.15) is 9.78 Å². The number of ether oxygens (including phenoxy) is 2. The van der Waals surface area contributed by atoms with Crippen molar-refractivity contribution in [1.82, 2.24) is 20.0 Å². The van der Waals surface area contributed by atoms with Crippen molar-refractivity contribution in [3.63, 3.8) is 0 Å². The number of fused-ring (bicyclic) bond motifs is 2. The zero-order valence-corrected chi connectivity index (χ0v) is 19.9. The maximum Gasteiger partial charge on any atom is 0.257 e. The Bertz CT molecular complexity index is 1560. The van der Waals surface area contributed by atoms with E-state index in [0.717, 1.165) is 10.4 Å². The van der Waals surface area contributed by atoms with Gasteiger partial charge in [-0.05, 0) is 47.3 Å². The molecule has 5 aromatic rings. The molecular weight excluding hydrogens is 464 g/mol. The standard InChI is InChI=1S/C25H22N6O3S/c1-33-19-10-9-15(12-20(19)34-2)13-28-31-23(26)21(25(32)27-14-16-6-5-11-35-16)22-24(31)30-18-8-4-3-7-17(18)29-22/h3-13H,14,26H2,1-2H3,(H,27,32)/b28-13-. The van der Waals surface area contributed by atoms with Crippen LogP contribution in [0.2, 0.25) is 0 Å². The van der Waals surface area contributed by atoms with Crippen molar-refractivity contribution in [3.8, 4) is 11.5 Å². The van der Waals surface area contributed by atoms with Crippen LogP contribution in [0.25, 0.3) is 22.2 Å². The third-order valence-electron chi connectivity index (χ3n) is 5.43. The molecule has 0 radical (unpaired) electrons. The highest BCUT2D eigenvalue weighted by atomic mass is 32.1. The molecule has 0 unspecified atom stereocenters.